The Morgan fingerprint density at radius 2 is 1.85 bits per heavy atom. The summed E-state index contributed by atoms with van der Waals surface area (Å²) in [4.78, 5) is 10.3. The zero-order chi connectivity index (χ0) is 14.5. The largest absolute Gasteiger partial charge is 0.309 e. The van der Waals surface area contributed by atoms with Gasteiger partial charge in [0, 0.05) is 19.2 Å². The number of nitrogens with zero attached hydrogens (tertiary/aromatic N) is 1. The van der Waals surface area contributed by atoms with Crippen molar-refractivity contribution in [3.8, 4) is 0 Å². The Hall–Kier alpha value is -1.98. The first-order valence-corrected chi connectivity index (χ1v) is 6.32. The van der Waals surface area contributed by atoms with Crippen molar-refractivity contribution in [2.45, 2.75) is 13.1 Å². The fourth-order valence-corrected chi connectivity index (χ4v) is 1.99. The topological polar surface area (TPSA) is 55.2 Å². The predicted octanol–water partition coefficient (Wildman–Crippen LogP) is 3.68. The average Bonchev–Trinajstić information content (AvgIpc) is 2.40. The molecule has 0 saturated heterocycles. The van der Waals surface area contributed by atoms with Crippen LogP contribution in [-0.4, -0.2) is 4.92 Å². The fraction of sp³-hybridized carbons (Fsp3) is 0.143. The Balaban J connectivity index is 1.97. The summed E-state index contributed by atoms with van der Waals surface area (Å²) in [5, 5.41) is 14.0. The summed E-state index contributed by atoms with van der Waals surface area (Å²) >= 11 is 5.73. The van der Waals surface area contributed by atoms with Gasteiger partial charge in [-0.15, -0.1) is 0 Å². The molecule has 0 spiro atoms. The van der Waals surface area contributed by atoms with Gasteiger partial charge in [0.25, 0.3) is 5.69 Å². The molecule has 1 N–H and O–H groups in total. The standard InChI is InChI=1S/C14H12ClFN2O2/c15-13-5-4-11(7-14(13)18(19)20)9-17-8-10-2-1-3-12(16)6-10/h1-7,17H,8-9H2. The van der Waals surface area contributed by atoms with Crippen LogP contribution in [0, 0.1) is 15.9 Å². The summed E-state index contributed by atoms with van der Waals surface area (Å²) < 4.78 is 13.0. The highest BCUT2D eigenvalue weighted by molar-refractivity contribution is 6.32. The third-order valence-electron chi connectivity index (χ3n) is 2.75. The molecule has 20 heavy (non-hydrogen) atoms. The molecule has 0 heterocycles. The molecular weight excluding hydrogens is 283 g/mol. The van der Waals surface area contributed by atoms with E-state index in [1.165, 1.54) is 24.3 Å². The van der Waals surface area contributed by atoms with Crippen LogP contribution < -0.4 is 5.32 Å². The van der Waals surface area contributed by atoms with E-state index in [4.69, 9.17) is 11.6 Å². The molecule has 0 radical (unpaired) electrons. The molecule has 0 aliphatic heterocycles. The fourth-order valence-electron chi connectivity index (χ4n) is 1.81. The maximum Gasteiger partial charge on any atom is 0.288 e. The normalized spacial score (nSPS) is 10.5. The monoisotopic (exact) mass is 294 g/mol. The van der Waals surface area contributed by atoms with Gasteiger partial charge in [-0.1, -0.05) is 29.8 Å². The maximum absolute atomic E-state index is 13.0. The van der Waals surface area contributed by atoms with Crippen LogP contribution in [0.2, 0.25) is 5.02 Å². The number of nitro benzene ring substituents is 1. The molecular formula is C14H12ClFN2O2. The van der Waals surface area contributed by atoms with Crippen molar-refractivity contribution in [2.75, 3.05) is 0 Å². The molecule has 0 saturated carbocycles. The molecule has 2 aromatic carbocycles. The van der Waals surface area contributed by atoms with Gasteiger partial charge in [0.05, 0.1) is 4.92 Å². The summed E-state index contributed by atoms with van der Waals surface area (Å²) in [5.41, 5.74) is 1.45. The second kappa shape index (κ2) is 6.45. The summed E-state index contributed by atoms with van der Waals surface area (Å²) in [6, 6.07) is 10.9. The van der Waals surface area contributed by atoms with Crippen molar-refractivity contribution >= 4 is 17.3 Å². The highest BCUT2D eigenvalue weighted by Gasteiger charge is 2.12. The first-order valence-electron chi connectivity index (χ1n) is 5.94. The second-order valence-corrected chi connectivity index (χ2v) is 4.68. The van der Waals surface area contributed by atoms with Crippen molar-refractivity contribution in [1.82, 2.24) is 5.32 Å². The Morgan fingerprint density at radius 3 is 2.50 bits per heavy atom. The number of hydrogen-bond acceptors (Lipinski definition) is 3. The third-order valence-corrected chi connectivity index (χ3v) is 3.07. The summed E-state index contributed by atoms with van der Waals surface area (Å²) in [5.74, 6) is -0.286. The van der Waals surface area contributed by atoms with E-state index >= 15 is 0 Å². The SMILES string of the molecule is O=[N+]([O-])c1cc(CNCc2cccc(F)c2)ccc1Cl. The van der Waals surface area contributed by atoms with Gasteiger partial charge in [0.1, 0.15) is 10.8 Å². The minimum Gasteiger partial charge on any atom is -0.309 e. The lowest BCUT2D eigenvalue weighted by atomic mass is 10.2. The lowest BCUT2D eigenvalue weighted by Crippen LogP contribution is -2.12. The number of nitrogens with one attached hydrogen (secondary N) is 1. The van der Waals surface area contributed by atoms with E-state index in [9.17, 15) is 14.5 Å². The molecule has 6 heteroatoms. The molecule has 4 nitrogen and oxygen atoms in total. The van der Waals surface area contributed by atoms with Gasteiger partial charge < -0.3 is 5.32 Å². The third kappa shape index (κ3) is 3.76. The molecule has 0 aliphatic rings. The minimum absolute atomic E-state index is 0.114. The minimum atomic E-state index is -0.515. The van der Waals surface area contributed by atoms with E-state index in [0.29, 0.717) is 13.1 Å². The molecule has 0 unspecified atom stereocenters. The van der Waals surface area contributed by atoms with Crippen molar-refractivity contribution in [3.63, 3.8) is 0 Å². The molecule has 0 aromatic heterocycles. The molecule has 0 atom stereocenters. The Bertz CT molecular complexity index is 634. The van der Waals surface area contributed by atoms with Crippen LogP contribution in [0.15, 0.2) is 42.5 Å². The van der Waals surface area contributed by atoms with Gasteiger partial charge in [-0.3, -0.25) is 10.1 Å². The van der Waals surface area contributed by atoms with Crippen LogP contribution in [0.4, 0.5) is 10.1 Å². The molecule has 0 aliphatic carbocycles. The molecule has 0 bridgehead atoms. The van der Waals surface area contributed by atoms with E-state index in [1.54, 1.807) is 18.2 Å². The van der Waals surface area contributed by atoms with Gasteiger partial charge in [-0.05, 0) is 29.3 Å². The van der Waals surface area contributed by atoms with Gasteiger partial charge in [-0.25, -0.2) is 4.39 Å². The quantitative estimate of drug-likeness (QED) is 0.676. The van der Waals surface area contributed by atoms with Crippen LogP contribution in [0.5, 0.6) is 0 Å². The molecule has 104 valence electrons. The van der Waals surface area contributed by atoms with Crippen molar-refractivity contribution < 1.29 is 9.31 Å². The van der Waals surface area contributed by atoms with Crippen molar-refractivity contribution in [3.05, 3.63) is 74.5 Å². The van der Waals surface area contributed by atoms with Crippen molar-refractivity contribution in [1.29, 1.82) is 0 Å². The van der Waals surface area contributed by atoms with Gasteiger partial charge in [-0.2, -0.15) is 0 Å². The average molecular weight is 295 g/mol. The van der Waals surface area contributed by atoms with Crippen LogP contribution >= 0.6 is 11.6 Å². The van der Waals surface area contributed by atoms with E-state index in [-0.39, 0.29) is 16.5 Å². The highest BCUT2D eigenvalue weighted by atomic mass is 35.5. The van der Waals surface area contributed by atoms with E-state index < -0.39 is 4.92 Å². The zero-order valence-corrected chi connectivity index (χ0v) is 11.2. The van der Waals surface area contributed by atoms with E-state index in [1.807, 2.05) is 0 Å². The molecule has 0 fully saturated rings. The smallest absolute Gasteiger partial charge is 0.288 e. The first kappa shape index (κ1) is 14.4. The van der Waals surface area contributed by atoms with E-state index in [0.717, 1.165) is 11.1 Å². The Labute approximate surface area is 120 Å². The summed E-state index contributed by atoms with van der Waals surface area (Å²) in [7, 11) is 0. The zero-order valence-electron chi connectivity index (χ0n) is 10.5. The van der Waals surface area contributed by atoms with Gasteiger partial charge >= 0.3 is 0 Å². The Kier molecular flexibility index (Phi) is 4.65. The second-order valence-electron chi connectivity index (χ2n) is 4.28. The van der Waals surface area contributed by atoms with Crippen LogP contribution in [0.3, 0.4) is 0 Å². The summed E-state index contributed by atoms with van der Waals surface area (Å²) in [6.45, 7) is 0.919. The van der Waals surface area contributed by atoms with Crippen molar-refractivity contribution in [2.24, 2.45) is 0 Å². The van der Waals surface area contributed by atoms with Gasteiger partial charge in [0.15, 0.2) is 0 Å². The highest BCUT2D eigenvalue weighted by Crippen LogP contribution is 2.24. The number of benzene rings is 2. The number of hydrogen-bond donors (Lipinski definition) is 1. The molecule has 2 aromatic rings. The number of rotatable bonds is 5. The number of halogens is 2. The molecule has 2 rings (SSSR count). The lowest BCUT2D eigenvalue weighted by Gasteiger charge is -2.06. The van der Waals surface area contributed by atoms with Crippen LogP contribution in [0.25, 0.3) is 0 Å². The lowest BCUT2D eigenvalue weighted by molar-refractivity contribution is -0.384. The first-order chi connectivity index (χ1) is 9.56. The molecule has 0 amide bonds. The maximum atomic E-state index is 13.0. The Morgan fingerprint density at radius 1 is 1.15 bits per heavy atom. The summed E-state index contributed by atoms with van der Waals surface area (Å²) in [6.07, 6.45) is 0. The predicted molar refractivity (Wildman–Crippen MR) is 75.1 cm³/mol. The van der Waals surface area contributed by atoms with Crippen LogP contribution in [-0.2, 0) is 13.1 Å². The van der Waals surface area contributed by atoms with Gasteiger partial charge in [0.2, 0.25) is 0 Å². The number of nitro groups is 1. The van der Waals surface area contributed by atoms with E-state index in [2.05, 4.69) is 5.32 Å². The van der Waals surface area contributed by atoms with Crippen LogP contribution in [0.1, 0.15) is 11.1 Å².